The number of aryl methyl sites for hydroxylation is 2. The smallest absolute Gasteiger partial charge is 0.263 e. The number of amides is 1. The Labute approximate surface area is 197 Å². The average molecular weight is 498 g/mol. The van der Waals surface area contributed by atoms with Crippen molar-refractivity contribution in [3.63, 3.8) is 0 Å². The van der Waals surface area contributed by atoms with Crippen molar-refractivity contribution in [2.75, 3.05) is 23.8 Å². The third kappa shape index (κ3) is 4.77. The highest BCUT2D eigenvalue weighted by molar-refractivity contribution is 7.99. The summed E-state index contributed by atoms with van der Waals surface area (Å²) in [5.41, 5.74) is 1.17. The molecule has 1 amide bonds. The van der Waals surface area contributed by atoms with E-state index in [0.717, 1.165) is 35.9 Å². The molecule has 0 bridgehead atoms. The highest BCUT2D eigenvalue weighted by Gasteiger charge is 2.35. The highest BCUT2D eigenvalue weighted by Crippen LogP contribution is 2.34. The van der Waals surface area contributed by atoms with Crippen LogP contribution < -0.4 is 5.56 Å². The van der Waals surface area contributed by atoms with E-state index in [1.54, 1.807) is 20.8 Å². The summed E-state index contributed by atoms with van der Waals surface area (Å²) in [5.74, 6) is 0.484. The van der Waals surface area contributed by atoms with Gasteiger partial charge in [0.2, 0.25) is 5.91 Å². The van der Waals surface area contributed by atoms with Crippen LogP contribution in [0.4, 0.5) is 0 Å². The van der Waals surface area contributed by atoms with Gasteiger partial charge in [0.05, 0.1) is 22.6 Å². The van der Waals surface area contributed by atoms with E-state index in [1.807, 2.05) is 20.8 Å². The molecule has 1 aliphatic carbocycles. The molecule has 0 aromatic carbocycles. The van der Waals surface area contributed by atoms with Crippen LogP contribution in [0.5, 0.6) is 0 Å². The van der Waals surface area contributed by atoms with Gasteiger partial charge in [-0.25, -0.2) is 13.4 Å². The van der Waals surface area contributed by atoms with Gasteiger partial charge in [0.15, 0.2) is 15.0 Å². The van der Waals surface area contributed by atoms with Crippen molar-refractivity contribution in [3.8, 4) is 0 Å². The molecular weight excluding hydrogens is 466 g/mol. The average Bonchev–Trinajstić information content (AvgIpc) is 3.29. The lowest BCUT2D eigenvalue weighted by Gasteiger charge is -2.30. The van der Waals surface area contributed by atoms with Crippen molar-refractivity contribution < 1.29 is 13.2 Å². The molecule has 1 atom stereocenters. The first kappa shape index (κ1) is 23.8. The molecule has 32 heavy (non-hydrogen) atoms. The molecular formula is C22H31N3O4S3. The Bertz CT molecular complexity index is 1180. The van der Waals surface area contributed by atoms with Gasteiger partial charge in [-0.15, -0.1) is 11.3 Å². The van der Waals surface area contributed by atoms with Gasteiger partial charge in [-0.05, 0) is 50.5 Å². The number of thiophene rings is 1. The molecule has 1 saturated heterocycles. The zero-order valence-corrected chi connectivity index (χ0v) is 21.4. The summed E-state index contributed by atoms with van der Waals surface area (Å²) in [7, 11) is -3.08. The van der Waals surface area contributed by atoms with Crippen molar-refractivity contribution >= 4 is 49.1 Å². The van der Waals surface area contributed by atoms with E-state index in [9.17, 15) is 18.0 Å². The zero-order chi connectivity index (χ0) is 23.0. The lowest BCUT2D eigenvalue weighted by atomic mass is 9.97. The summed E-state index contributed by atoms with van der Waals surface area (Å²) in [6.07, 6.45) is 4.71. The van der Waals surface area contributed by atoms with Crippen LogP contribution in [0.25, 0.3) is 10.2 Å². The number of carbonyl (C=O) groups excluding carboxylic acids is 1. The Kier molecular flexibility index (Phi) is 7.03. The fraction of sp³-hybridized carbons (Fsp3) is 0.682. The minimum Gasteiger partial charge on any atom is -0.338 e. The molecule has 0 saturated carbocycles. The van der Waals surface area contributed by atoms with Gasteiger partial charge in [0.25, 0.3) is 5.56 Å². The Hall–Kier alpha value is -1.39. The van der Waals surface area contributed by atoms with Gasteiger partial charge in [-0.2, -0.15) is 0 Å². The van der Waals surface area contributed by atoms with E-state index in [0.29, 0.717) is 24.7 Å². The van der Waals surface area contributed by atoms with Gasteiger partial charge >= 0.3 is 0 Å². The highest BCUT2D eigenvalue weighted by atomic mass is 32.2. The molecule has 2 aromatic heterocycles. The number of carbonyl (C=O) groups is 1. The van der Waals surface area contributed by atoms with E-state index >= 15 is 0 Å². The summed E-state index contributed by atoms with van der Waals surface area (Å²) < 4.78 is 25.6. The Morgan fingerprint density at radius 2 is 2.06 bits per heavy atom. The number of nitrogens with zero attached hydrogens (tertiary/aromatic N) is 3. The lowest BCUT2D eigenvalue weighted by Crippen LogP contribution is -2.44. The zero-order valence-electron chi connectivity index (χ0n) is 18.9. The van der Waals surface area contributed by atoms with Crippen molar-refractivity contribution in [2.24, 2.45) is 5.92 Å². The van der Waals surface area contributed by atoms with E-state index in [-0.39, 0.29) is 40.7 Å². The second-order valence-corrected chi connectivity index (χ2v) is 13.4. The molecule has 1 aliphatic heterocycles. The van der Waals surface area contributed by atoms with Crippen molar-refractivity contribution in [1.29, 1.82) is 0 Å². The van der Waals surface area contributed by atoms with Gasteiger partial charge in [0.1, 0.15) is 4.83 Å². The Balaban J connectivity index is 1.58. The van der Waals surface area contributed by atoms with Crippen LogP contribution in [-0.2, 0) is 34.0 Å². The maximum Gasteiger partial charge on any atom is 0.263 e. The van der Waals surface area contributed by atoms with Crippen molar-refractivity contribution in [2.45, 2.75) is 70.6 Å². The fourth-order valence-corrected chi connectivity index (χ4v) is 8.67. The number of sulfone groups is 1. The van der Waals surface area contributed by atoms with Crippen LogP contribution in [0.1, 0.15) is 50.5 Å². The van der Waals surface area contributed by atoms with Crippen molar-refractivity contribution in [1.82, 2.24) is 14.5 Å². The minimum atomic E-state index is -3.08. The molecule has 2 aromatic rings. The number of thioether (sulfide) groups is 1. The van der Waals surface area contributed by atoms with Gasteiger partial charge in [-0.3, -0.25) is 14.2 Å². The quantitative estimate of drug-likeness (QED) is 0.431. The standard InChI is InChI=1S/C22H31N3O4S3/c1-4-24-21(27)19-16-7-5-6-8-17(16)31-20(19)23-22(24)30-12-18(26)25(11-14(2)3)15-9-10-32(28,29)13-15/h14-15H,4-13H2,1-3H3. The molecule has 3 heterocycles. The van der Waals surface area contributed by atoms with E-state index < -0.39 is 9.84 Å². The first-order chi connectivity index (χ1) is 15.2. The maximum absolute atomic E-state index is 13.3. The van der Waals surface area contributed by atoms with Crippen molar-refractivity contribution in [3.05, 3.63) is 20.8 Å². The summed E-state index contributed by atoms with van der Waals surface area (Å²) in [6, 6.07) is -0.261. The van der Waals surface area contributed by atoms with Gasteiger partial charge < -0.3 is 4.90 Å². The van der Waals surface area contributed by atoms with Gasteiger partial charge in [0, 0.05) is 24.0 Å². The van der Waals surface area contributed by atoms with Crippen LogP contribution in [0.15, 0.2) is 9.95 Å². The number of rotatable bonds is 7. The molecule has 4 rings (SSSR count). The van der Waals surface area contributed by atoms with E-state index in [1.165, 1.54) is 22.2 Å². The summed E-state index contributed by atoms with van der Waals surface area (Å²) in [6.45, 7) is 7.01. The van der Waals surface area contributed by atoms with Crippen LogP contribution in [0.2, 0.25) is 0 Å². The number of hydrogen-bond donors (Lipinski definition) is 0. The topological polar surface area (TPSA) is 89.3 Å². The summed E-state index contributed by atoms with van der Waals surface area (Å²) in [5, 5.41) is 1.33. The van der Waals surface area contributed by atoms with E-state index in [2.05, 4.69) is 0 Å². The minimum absolute atomic E-state index is 0.00669. The monoisotopic (exact) mass is 497 g/mol. The predicted octanol–water partition coefficient (Wildman–Crippen LogP) is 3.12. The molecule has 176 valence electrons. The third-order valence-electron chi connectivity index (χ3n) is 6.21. The SMILES string of the molecule is CCn1c(SCC(=O)N(CC(C)C)C2CCS(=O)(=O)C2)nc2sc3c(c2c1=O)CCCC3. The molecule has 0 radical (unpaired) electrons. The van der Waals surface area contributed by atoms with Crippen LogP contribution in [-0.4, -0.2) is 58.6 Å². The number of fused-ring (bicyclic) bond motifs is 3. The second kappa shape index (κ2) is 9.46. The summed E-state index contributed by atoms with van der Waals surface area (Å²) in [4.78, 5) is 35.0. The first-order valence-electron chi connectivity index (χ1n) is 11.4. The Morgan fingerprint density at radius 1 is 1.31 bits per heavy atom. The van der Waals surface area contributed by atoms with E-state index in [4.69, 9.17) is 4.98 Å². The number of aromatic nitrogens is 2. The van der Waals surface area contributed by atoms with Gasteiger partial charge in [-0.1, -0.05) is 25.6 Å². The molecule has 1 unspecified atom stereocenters. The molecule has 7 nitrogen and oxygen atoms in total. The first-order valence-corrected chi connectivity index (χ1v) is 15.0. The Morgan fingerprint density at radius 3 is 2.72 bits per heavy atom. The second-order valence-electron chi connectivity index (χ2n) is 9.12. The van der Waals surface area contributed by atoms with Crippen LogP contribution in [0, 0.1) is 5.92 Å². The normalized spacial score (nSPS) is 20.1. The lowest BCUT2D eigenvalue weighted by molar-refractivity contribution is -0.130. The largest absolute Gasteiger partial charge is 0.338 e. The van der Waals surface area contributed by atoms with Crippen LogP contribution >= 0.6 is 23.1 Å². The molecule has 0 N–H and O–H groups in total. The summed E-state index contributed by atoms with van der Waals surface area (Å²) >= 11 is 2.90. The molecule has 0 spiro atoms. The molecule has 1 fully saturated rings. The predicted molar refractivity (Wildman–Crippen MR) is 131 cm³/mol. The third-order valence-corrected chi connectivity index (χ3v) is 10.1. The van der Waals surface area contributed by atoms with Crippen LogP contribution in [0.3, 0.4) is 0 Å². The fourth-order valence-electron chi connectivity index (χ4n) is 4.69. The maximum atomic E-state index is 13.3. The number of hydrogen-bond acceptors (Lipinski definition) is 7. The molecule has 10 heteroatoms. The molecule has 2 aliphatic rings.